The lowest BCUT2D eigenvalue weighted by Crippen LogP contribution is -2.26. The van der Waals surface area contributed by atoms with Gasteiger partial charge in [-0.1, -0.05) is 17.7 Å². The molecule has 7 heteroatoms. The zero-order valence-corrected chi connectivity index (χ0v) is 18.7. The average Bonchev–Trinajstić information content (AvgIpc) is 3.13. The number of hydrogen-bond donors (Lipinski definition) is 0. The van der Waals surface area contributed by atoms with Crippen molar-refractivity contribution in [3.8, 4) is 17.2 Å². The van der Waals surface area contributed by atoms with Crippen molar-refractivity contribution >= 4 is 17.2 Å². The summed E-state index contributed by atoms with van der Waals surface area (Å²) in [6.07, 6.45) is 0. The molecule has 0 aliphatic rings. The third kappa shape index (κ3) is 5.10. The van der Waals surface area contributed by atoms with Gasteiger partial charge in [-0.25, -0.2) is 4.98 Å². The zero-order valence-electron chi connectivity index (χ0n) is 17.9. The molecular weight excluding hydrogens is 400 g/mol. The van der Waals surface area contributed by atoms with E-state index >= 15 is 0 Å². The van der Waals surface area contributed by atoms with E-state index in [2.05, 4.69) is 4.98 Å². The molecule has 0 N–H and O–H groups in total. The molecule has 0 fully saturated rings. The summed E-state index contributed by atoms with van der Waals surface area (Å²) in [4.78, 5) is 19.8. The number of ether oxygens (including phenoxy) is 3. The van der Waals surface area contributed by atoms with Crippen molar-refractivity contribution in [1.29, 1.82) is 0 Å². The Morgan fingerprint density at radius 1 is 1.03 bits per heavy atom. The quantitative estimate of drug-likeness (QED) is 0.526. The van der Waals surface area contributed by atoms with Gasteiger partial charge in [0.15, 0.2) is 0 Å². The molecule has 0 aliphatic heterocycles. The smallest absolute Gasteiger partial charge is 0.265 e. The highest BCUT2D eigenvalue weighted by Crippen LogP contribution is 2.27. The second-order valence-corrected chi connectivity index (χ2v) is 8.05. The Hall–Kier alpha value is -3.06. The van der Waals surface area contributed by atoms with Crippen LogP contribution in [0.15, 0.2) is 42.5 Å². The first kappa shape index (κ1) is 21.6. The van der Waals surface area contributed by atoms with Crippen LogP contribution < -0.4 is 14.2 Å². The van der Waals surface area contributed by atoms with E-state index in [1.807, 2.05) is 56.3 Å². The molecule has 158 valence electrons. The third-order valence-corrected chi connectivity index (χ3v) is 5.79. The second-order valence-electron chi connectivity index (χ2n) is 6.96. The first-order valence-electron chi connectivity index (χ1n) is 9.53. The fraction of sp³-hybridized carbons (Fsp3) is 0.304. The minimum atomic E-state index is -0.0792. The fourth-order valence-electron chi connectivity index (χ4n) is 2.98. The number of aryl methyl sites for hydroxylation is 2. The number of amides is 1. The Balaban J connectivity index is 1.68. The van der Waals surface area contributed by atoms with Crippen molar-refractivity contribution < 1.29 is 19.0 Å². The molecular formula is C23H26N2O4S. The second kappa shape index (κ2) is 9.63. The Morgan fingerprint density at radius 2 is 1.73 bits per heavy atom. The highest BCUT2D eigenvalue weighted by Gasteiger charge is 2.20. The fourth-order valence-corrected chi connectivity index (χ4v) is 3.95. The summed E-state index contributed by atoms with van der Waals surface area (Å²) in [6.45, 7) is 4.63. The molecule has 0 aliphatic carbocycles. The molecule has 3 rings (SSSR count). The molecule has 30 heavy (non-hydrogen) atoms. The van der Waals surface area contributed by atoms with Gasteiger partial charge < -0.3 is 19.1 Å². The molecule has 6 nitrogen and oxygen atoms in total. The molecule has 0 spiro atoms. The summed E-state index contributed by atoms with van der Waals surface area (Å²) in [6, 6.07) is 13.4. The van der Waals surface area contributed by atoms with Crippen LogP contribution in [0.3, 0.4) is 0 Å². The summed E-state index contributed by atoms with van der Waals surface area (Å²) >= 11 is 1.37. The average molecular weight is 427 g/mol. The van der Waals surface area contributed by atoms with Crippen molar-refractivity contribution in [1.82, 2.24) is 9.88 Å². The van der Waals surface area contributed by atoms with Crippen LogP contribution in [-0.2, 0) is 13.2 Å². The van der Waals surface area contributed by atoms with Crippen LogP contribution in [-0.4, -0.2) is 37.1 Å². The standard InChI is InChI=1S/C23H26N2O4S/c1-15-6-9-18(10-7-15)29-14-21-24-16(2)22(30-21)23(26)25(3)13-17-8-11-19(27-4)12-20(17)28-5/h6-12H,13-14H2,1-5H3. The van der Waals surface area contributed by atoms with Crippen molar-refractivity contribution in [2.45, 2.75) is 27.0 Å². The van der Waals surface area contributed by atoms with Crippen LogP contribution in [0, 0.1) is 13.8 Å². The van der Waals surface area contributed by atoms with E-state index in [-0.39, 0.29) is 5.91 Å². The number of aromatic nitrogens is 1. The summed E-state index contributed by atoms with van der Waals surface area (Å²) in [5.41, 5.74) is 2.79. The van der Waals surface area contributed by atoms with Crippen molar-refractivity contribution in [3.05, 3.63) is 69.2 Å². The van der Waals surface area contributed by atoms with Gasteiger partial charge in [0.25, 0.3) is 5.91 Å². The Labute approximate surface area is 181 Å². The molecule has 3 aromatic rings. The van der Waals surface area contributed by atoms with Gasteiger partial charge in [0.2, 0.25) is 0 Å². The predicted molar refractivity (Wildman–Crippen MR) is 118 cm³/mol. The minimum absolute atomic E-state index is 0.0792. The van der Waals surface area contributed by atoms with Gasteiger partial charge in [0.1, 0.15) is 33.7 Å². The predicted octanol–water partition coefficient (Wildman–Crippen LogP) is 4.63. The Morgan fingerprint density at radius 3 is 2.40 bits per heavy atom. The van der Waals surface area contributed by atoms with Gasteiger partial charge in [-0.15, -0.1) is 11.3 Å². The summed E-state index contributed by atoms with van der Waals surface area (Å²) in [5.74, 6) is 2.10. The van der Waals surface area contributed by atoms with E-state index in [9.17, 15) is 4.79 Å². The molecule has 0 atom stereocenters. The lowest BCUT2D eigenvalue weighted by Gasteiger charge is -2.19. The zero-order chi connectivity index (χ0) is 21.7. The highest BCUT2D eigenvalue weighted by atomic mass is 32.1. The molecule has 1 aromatic heterocycles. The van der Waals surface area contributed by atoms with Gasteiger partial charge in [-0.2, -0.15) is 0 Å². The summed E-state index contributed by atoms with van der Waals surface area (Å²) in [5, 5.41) is 0.770. The van der Waals surface area contributed by atoms with E-state index in [1.54, 1.807) is 26.2 Å². The van der Waals surface area contributed by atoms with Gasteiger partial charge >= 0.3 is 0 Å². The first-order valence-corrected chi connectivity index (χ1v) is 10.3. The minimum Gasteiger partial charge on any atom is -0.497 e. The summed E-state index contributed by atoms with van der Waals surface area (Å²) in [7, 11) is 4.98. The lowest BCUT2D eigenvalue weighted by molar-refractivity contribution is 0.0788. The highest BCUT2D eigenvalue weighted by molar-refractivity contribution is 7.13. The number of nitrogens with zero attached hydrogens (tertiary/aromatic N) is 2. The molecule has 0 saturated carbocycles. The third-order valence-electron chi connectivity index (χ3n) is 4.67. The number of rotatable bonds is 8. The number of methoxy groups -OCH3 is 2. The monoisotopic (exact) mass is 426 g/mol. The maximum absolute atomic E-state index is 13.0. The van der Waals surface area contributed by atoms with Gasteiger partial charge in [0.05, 0.1) is 19.9 Å². The van der Waals surface area contributed by atoms with Crippen LogP contribution in [0.1, 0.15) is 31.5 Å². The van der Waals surface area contributed by atoms with E-state index in [4.69, 9.17) is 14.2 Å². The molecule has 1 heterocycles. The molecule has 0 saturated heterocycles. The van der Waals surface area contributed by atoms with Crippen molar-refractivity contribution in [2.75, 3.05) is 21.3 Å². The Kier molecular flexibility index (Phi) is 6.95. The normalized spacial score (nSPS) is 10.6. The number of carbonyl (C=O) groups is 1. The topological polar surface area (TPSA) is 60.9 Å². The van der Waals surface area contributed by atoms with Gasteiger partial charge in [0, 0.05) is 25.2 Å². The first-order chi connectivity index (χ1) is 14.4. The number of carbonyl (C=O) groups excluding carboxylic acids is 1. The van der Waals surface area contributed by atoms with Gasteiger partial charge in [-0.05, 0) is 38.1 Å². The molecule has 0 unspecified atom stereocenters. The van der Waals surface area contributed by atoms with Crippen molar-refractivity contribution in [2.24, 2.45) is 0 Å². The number of hydrogen-bond acceptors (Lipinski definition) is 6. The van der Waals surface area contributed by atoms with Crippen LogP contribution in [0.4, 0.5) is 0 Å². The van der Waals surface area contributed by atoms with Gasteiger partial charge in [-0.3, -0.25) is 4.79 Å². The maximum atomic E-state index is 13.0. The van der Waals surface area contributed by atoms with E-state index in [0.29, 0.717) is 35.2 Å². The molecule has 0 radical (unpaired) electrons. The van der Waals surface area contributed by atoms with Crippen LogP contribution >= 0.6 is 11.3 Å². The van der Waals surface area contributed by atoms with Crippen molar-refractivity contribution in [3.63, 3.8) is 0 Å². The van der Waals surface area contributed by atoms with E-state index < -0.39 is 0 Å². The van der Waals surface area contributed by atoms with E-state index in [0.717, 1.165) is 16.3 Å². The van der Waals surface area contributed by atoms with E-state index in [1.165, 1.54) is 16.9 Å². The largest absolute Gasteiger partial charge is 0.497 e. The SMILES string of the molecule is COc1ccc(CN(C)C(=O)c2sc(COc3ccc(C)cc3)nc2C)c(OC)c1. The maximum Gasteiger partial charge on any atom is 0.265 e. The Bertz CT molecular complexity index is 1010. The van der Waals surface area contributed by atoms with Crippen LogP contribution in [0.2, 0.25) is 0 Å². The van der Waals surface area contributed by atoms with Crippen LogP contribution in [0.25, 0.3) is 0 Å². The lowest BCUT2D eigenvalue weighted by atomic mass is 10.1. The molecule has 1 amide bonds. The number of thiazole rings is 1. The van der Waals surface area contributed by atoms with Crippen LogP contribution in [0.5, 0.6) is 17.2 Å². The molecule has 2 aromatic carbocycles. The summed E-state index contributed by atoms with van der Waals surface area (Å²) < 4.78 is 16.5. The molecule has 0 bridgehead atoms. The number of benzene rings is 2.